The van der Waals surface area contributed by atoms with E-state index in [1.165, 1.54) is 6.33 Å². The summed E-state index contributed by atoms with van der Waals surface area (Å²) in [5.41, 5.74) is 0. The minimum atomic E-state index is 0.213. The number of H-pyrrole nitrogens is 1. The highest BCUT2D eigenvalue weighted by Gasteiger charge is 2.22. The third-order valence-corrected chi connectivity index (χ3v) is 2.85. The molecule has 0 bridgehead atoms. The molecular formula is C11H20N4S. The van der Waals surface area contributed by atoms with Gasteiger partial charge >= 0.3 is 0 Å². The molecule has 0 saturated carbocycles. The second kappa shape index (κ2) is 5.50. The molecule has 1 atom stereocenters. The summed E-state index contributed by atoms with van der Waals surface area (Å²) in [6, 6.07) is 1.14. The van der Waals surface area contributed by atoms with E-state index in [4.69, 9.17) is 12.2 Å². The van der Waals surface area contributed by atoms with Crippen molar-refractivity contribution in [3.8, 4) is 0 Å². The monoisotopic (exact) mass is 240 g/mol. The van der Waals surface area contributed by atoms with Crippen molar-refractivity contribution < 1.29 is 0 Å². The Morgan fingerprint density at radius 1 is 1.12 bits per heavy atom. The zero-order valence-corrected chi connectivity index (χ0v) is 11.4. The molecule has 0 saturated heterocycles. The van der Waals surface area contributed by atoms with E-state index in [2.05, 4.69) is 54.5 Å². The molecule has 0 radical (unpaired) electrons. The summed E-state index contributed by atoms with van der Waals surface area (Å²) in [5.74, 6) is 0.877. The highest BCUT2D eigenvalue weighted by Crippen LogP contribution is 2.21. The van der Waals surface area contributed by atoms with E-state index in [1.54, 1.807) is 0 Å². The molecule has 0 amide bonds. The third-order valence-electron chi connectivity index (χ3n) is 2.64. The number of hydrogen-bond acceptors (Lipinski definition) is 4. The van der Waals surface area contributed by atoms with Gasteiger partial charge in [-0.2, -0.15) is 0 Å². The second-order valence-electron chi connectivity index (χ2n) is 4.50. The van der Waals surface area contributed by atoms with E-state index in [0.29, 0.717) is 16.9 Å². The molecular weight excluding hydrogens is 220 g/mol. The topological polar surface area (TPSA) is 44.8 Å². The standard InChI is InChI=1S/C11H20N4S/c1-7(2)15(8(3)4)9(5)10-12-6-13-11(16)14-10/h6-9H,1-5H3,(H,12,13,14,16). The van der Waals surface area contributed by atoms with E-state index in [0.717, 1.165) is 5.82 Å². The Hall–Kier alpha value is -0.810. The van der Waals surface area contributed by atoms with Crippen LogP contribution in [-0.4, -0.2) is 31.9 Å². The normalized spacial score (nSPS) is 13.8. The van der Waals surface area contributed by atoms with E-state index < -0.39 is 0 Å². The molecule has 4 nitrogen and oxygen atoms in total. The van der Waals surface area contributed by atoms with Gasteiger partial charge in [0.1, 0.15) is 12.2 Å². The molecule has 1 unspecified atom stereocenters. The molecule has 0 aliphatic heterocycles. The van der Waals surface area contributed by atoms with Crippen LogP contribution in [0.25, 0.3) is 0 Å². The molecule has 0 aromatic carbocycles. The van der Waals surface area contributed by atoms with Gasteiger partial charge < -0.3 is 4.98 Å². The van der Waals surface area contributed by atoms with Gasteiger partial charge in [0.2, 0.25) is 0 Å². The van der Waals surface area contributed by atoms with Crippen LogP contribution in [0.4, 0.5) is 0 Å². The molecule has 90 valence electrons. The molecule has 1 rings (SSSR count). The lowest BCUT2D eigenvalue weighted by Crippen LogP contribution is -2.39. The number of rotatable bonds is 4. The summed E-state index contributed by atoms with van der Waals surface area (Å²) in [4.78, 5) is 13.6. The van der Waals surface area contributed by atoms with Gasteiger partial charge in [-0.1, -0.05) is 0 Å². The van der Waals surface area contributed by atoms with Crippen LogP contribution in [0.2, 0.25) is 0 Å². The second-order valence-corrected chi connectivity index (χ2v) is 4.89. The van der Waals surface area contributed by atoms with Gasteiger partial charge in [-0.3, -0.25) is 4.90 Å². The van der Waals surface area contributed by atoms with Crippen LogP contribution in [0.15, 0.2) is 6.33 Å². The Kier molecular flexibility index (Phi) is 4.56. The van der Waals surface area contributed by atoms with Gasteiger partial charge in [-0.25, -0.2) is 9.97 Å². The number of aromatic nitrogens is 3. The number of aromatic amines is 1. The van der Waals surface area contributed by atoms with Crippen molar-refractivity contribution in [2.75, 3.05) is 0 Å². The lowest BCUT2D eigenvalue weighted by molar-refractivity contribution is 0.117. The summed E-state index contributed by atoms with van der Waals surface area (Å²) in [6.07, 6.45) is 1.52. The van der Waals surface area contributed by atoms with Crippen LogP contribution in [0, 0.1) is 4.77 Å². The average molecular weight is 240 g/mol. The third kappa shape index (κ3) is 3.09. The maximum Gasteiger partial charge on any atom is 0.199 e. The summed E-state index contributed by atoms with van der Waals surface area (Å²) in [6.45, 7) is 10.9. The van der Waals surface area contributed by atoms with E-state index in [-0.39, 0.29) is 6.04 Å². The Balaban J connectivity index is 2.99. The SMILES string of the molecule is CC(C)N(C(C)C)C(C)c1ncnc(=S)[nH]1. The first kappa shape index (κ1) is 13.3. The molecule has 1 N–H and O–H groups in total. The first-order valence-corrected chi connectivity index (χ1v) is 6.03. The highest BCUT2D eigenvalue weighted by molar-refractivity contribution is 7.71. The Morgan fingerprint density at radius 3 is 2.12 bits per heavy atom. The Bertz CT molecular complexity index is 378. The quantitative estimate of drug-likeness (QED) is 0.822. The van der Waals surface area contributed by atoms with Gasteiger partial charge in [0, 0.05) is 12.1 Å². The van der Waals surface area contributed by atoms with Gasteiger partial charge in [0.15, 0.2) is 4.77 Å². The van der Waals surface area contributed by atoms with Crippen LogP contribution >= 0.6 is 12.2 Å². The van der Waals surface area contributed by atoms with Gasteiger partial charge in [0.05, 0.1) is 6.04 Å². The molecule has 0 aliphatic carbocycles. The molecule has 5 heteroatoms. The van der Waals surface area contributed by atoms with Crippen molar-refractivity contribution in [3.63, 3.8) is 0 Å². The van der Waals surface area contributed by atoms with E-state index in [1.807, 2.05) is 0 Å². The zero-order chi connectivity index (χ0) is 12.3. The summed E-state index contributed by atoms with van der Waals surface area (Å²) in [7, 11) is 0. The average Bonchev–Trinajstić information content (AvgIpc) is 2.16. The van der Waals surface area contributed by atoms with Crippen LogP contribution in [-0.2, 0) is 0 Å². The Labute approximate surface area is 102 Å². The Morgan fingerprint density at radius 2 is 1.69 bits per heavy atom. The van der Waals surface area contributed by atoms with Gasteiger partial charge in [-0.05, 0) is 46.8 Å². The summed E-state index contributed by atoms with van der Waals surface area (Å²) >= 11 is 5.01. The van der Waals surface area contributed by atoms with Crippen LogP contribution in [0.3, 0.4) is 0 Å². The minimum absolute atomic E-state index is 0.213. The maximum absolute atomic E-state index is 5.01. The van der Waals surface area contributed by atoms with Crippen molar-refractivity contribution >= 4 is 12.2 Å². The molecule has 0 spiro atoms. The van der Waals surface area contributed by atoms with E-state index >= 15 is 0 Å². The molecule has 0 aliphatic rings. The van der Waals surface area contributed by atoms with Crippen molar-refractivity contribution in [3.05, 3.63) is 16.9 Å². The van der Waals surface area contributed by atoms with Gasteiger partial charge in [0.25, 0.3) is 0 Å². The predicted octanol–water partition coefficient (Wildman–Crippen LogP) is 2.71. The molecule has 1 aromatic heterocycles. The summed E-state index contributed by atoms with van der Waals surface area (Å²) < 4.78 is 0.490. The molecule has 1 aromatic rings. The van der Waals surface area contributed by atoms with Crippen molar-refractivity contribution in [1.29, 1.82) is 0 Å². The fourth-order valence-electron chi connectivity index (χ4n) is 2.16. The lowest BCUT2D eigenvalue weighted by atomic mass is 10.1. The van der Waals surface area contributed by atoms with E-state index in [9.17, 15) is 0 Å². The first-order chi connectivity index (χ1) is 7.43. The van der Waals surface area contributed by atoms with Crippen molar-refractivity contribution in [1.82, 2.24) is 19.9 Å². The van der Waals surface area contributed by atoms with Crippen LogP contribution < -0.4 is 0 Å². The predicted molar refractivity (Wildman–Crippen MR) is 67.7 cm³/mol. The number of nitrogens with zero attached hydrogens (tertiary/aromatic N) is 3. The molecule has 16 heavy (non-hydrogen) atoms. The molecule has 0 fully saturated rings. The fourth-order valence-corrected chi connectivity index (χ4v) is 2.31. The lowest BCUT2D eigenvalue weighted by Gasteiger charge is -2.35. The minimum Gasteiger partial charge on any atom is -0.318 e. The zero-order valence-electron chi connectivity index (χ0n) is 10.6. The van der Waals surface area contributed by atoms with Crippen LogP contribution in [0.5, 0.6) is 0 Å². The first-order valence-electron chi connectivity index (χ1n) is 5.62. The largest absolute Gasteiger partial charge is 0.318 e. The van der Waals surface area contributed by atoms with Crippen molar-refractivity contribution in [2.24, 2.45) is 0 Å². The smallest absolute Gasteiger partial charge is 0.199 e. The maximum atomic E-state index is 5.01. The summed E-state index contributed by atoms with van der Waals surface area (Å²) in [5, 5.41) is 0. The van der Waals surface area contributed by atoms with Crippen molar-refractivity contribution in [2.45, 2.75) is 52.7 Å². The highest BCUT2D eigenvalue weighted by atomic mass is 32.1. The molecule has 1 heterocycles. The fraction of sp³-hybridized carbons (Fsp3) is 0.727. The van der Waals surface area contributed by atoms with Crippen LogP contribution in [0.1, 0.15) is 46.5 Å². The van der Waals surface area contributed by atoms with Gasteiger partial charge in [-0.15, -0.1) is 0 Å². The number of nitrogens with one attached hydrogen (secondary N) is 1. The number of hydrogen-bond donors (Lipinski definition) is 1.